The zero-order valence-electron chi connectivity index (χ0n) is 37.7. The molecule has 0 atom stereocenters. The molecular formula is C59H49BN2S2. The molecule has 0 saturated carbocycles. The largest absolute Gasteiger partial charge is 0.355 e. The number of hydrogen-bond acceptors (Lipinski definition) is 3. The Morgan fingerprint density at radius 1 is 0.531 bits per heavy atom. The fourth-order valence-electron chi connectivity index (χ4n) is 11.3. The van der Waals surface area contributed by atoms with E-state index in [1.165, 1.54) is 123 Å². The van der Waals surface area contributed by atoms with Gasteiger partial charge < -0.3 is 9.88 Å². The van der Waals surface area contributed by atoms with Crippen LogP contribution in [0.1, 0.15) is 77.6 Å². The lowest BCUT2D eigenvalue weighted by atomic mass is 9.59. The fourth-order valence-corrected chi connectivity index (χ4v) is 13.6. The van der Waals surface area contributed by atoms with Crippen LogP contribution in [0.2, 0.25) is 0 Å². The summed E-state index contributed by atoms with van der Waals surface area (Å²) >= 11 is 3.82. The summed E-state index contributed by atoms with van der Waals surface area (Å²) < 4.78 is 7.97. The summed E-state index contributed by atoms with van der Waals surface area (Å²) in [6.45, 7) is 18.6. The summed E-state index contributed by atoms with van der Waals surface area (Å²) in [7, 11) is 0.847. The molecule has 310 valence electrons. The van der Waals surface area contributed by atoms with Gasteiger partial charge in [-0.1, -0.05) is 152 Å². The number of thiophene rings is 2. The van der Waals surface area contributed by atoms with Gasteiger partial charge in [0.05, 0.1) is 5.52 Å². The van der Waals surface area contributed by atoms with Crippen molar-refractivity contribution in [1.82, 2.24) is 4.57 Å². The molecule has 1 N–H and O–H groups in total. The third-order valence-electron chi connectivity index (χ3n) is 14.7. The van der Waals surface area contributed by atoms with E-state index in [0.29, 0.717) is 0 Å². The van der Waals surface area contributed by atoms with Crippen LogP contribution in [0.5, 0.6) is 0 Å². The van der Waals surface area contributed by atoms with E-state index in [2.05, 4.69) is 205 Å². The second-order valence-corrected chi connectivity index (χ2v) is 23.2. The van der Waals surface area contributed by atoms with E-state index in [4.69, 9.17) is 0 Å². The molecule has 13 rings (SSSR count). The molecule has 3 aromatic heterocycles. The van der Waals surface area contributed by atoms with Gasteiger partial charge in [-0.3, -0.25) is 0 Å². The van der Waals surface area contributed by atoms with Gasteiger partial charge in [0.25, 0.3) is 0 Å². The van der Waals surface area contributed by atoms with Crippen LogP contribution in [-0.4, -0.2) is 11.8 Å². The second kappa shape index (κ2) is 13.0. The van der Waals surface area contributed by atoms with Crippen molar-refractivity contribution in [3.8, 4) is 27.9 Å². The van der Waals surface area contributed by atoms with Gasteiger partial charge in [0.2, 0.25) is 0 Å². The Balaban J connectivity index is 1.12. The van der Waals surface area contributed by atoms with Gasteiger partial charge in [-0.15, -0.1) is 22.7 Å². The number of fused-ring (bicyclic) bond motifs is 15. The Labute approximate surface area is 383 Å². The van der Waals surface area contributed by atoms with E-state index in [9.17, 15) is 0 Å². The van der Waals surface area contributed by atoms with Gasteiger partial charge in [0.15, 0.2) is 7.28 Å². The Morgan fingerprint density at radius 2 is 1.20 bits per heavy atom. The van der Waals surface area contributed by atoms with Gasteiger partial charge in [-0.2, -0.15) is 0 Å². The standard InChI is InChI=1S/C59H49BN2S2/c1-57(2,3)32-17-20-34(21-18-32)61-46-30-51-41(36-22-19-33(58(4,5)6)27-50(36)64-51)28-40(46)37-23-24-39-54-47(26-25-44-53(54)38-14-9-11-15-43(38)59(44,7)8)62-48-31-52-42(29-45(48)60-55(37)56(39)62)35-13-10-12-16-49(35)63-52/h9-31,60-61H,1-8H3. The topological polar surface area (TPSA) is 17.0 Å². The number of nitrogens with zero attached hydrogens (tertiary/aromatic N) is 1. The predicted octanol–water partition coefficient (Wildman–Crippen LogP) is 15.5. The summed E-state index contributed by atoms with van der Waals surface area (Å²) in [6, 6.07) is 54.0. The molecule has 2 nitrogen and oxygen atoms in total. The average Bonchev–Trinajstić information content (AvgIpc) is 3.99. The minimum Gasteiger partial charge on any atom is -0.355 e. The van der Waals surface area contributed by atoms with Crippen LogP contribution in [0.25, 0.3) is 90.1 Å². The van der Waals surface area contributed by atoms with Crippen LogP contribution in [0, 0.1) is 0 Å². The summed E-state index contributed by atoms with van der Waals surface area (Å²) in [4.78, 5) is 0. The normalized spacial score (nSPS) is 14.2. The molecule has 0 amide bonds. The van der Waals surface area contributed by atoms with E-state index >= 15 is 0 Å². The Morgan fingerprint density at radius 3 is 2.02 bits per heavy atom. The van der Waals surface area contributed by atoms with Crippen molar-refractivity contribution in [2.45, 2.75) is 71.6 Å². The van der Waals surface area contributed by atoms with Crippen molar-refractivity contribution in [3.05, 3.63) is 162 Å². The first-order valence-corrected chi connectivity index (χ1v) is 24.4. The van der Waals surface area contributed by atoms with Crippen LogP contribution >= 0.6 is 22.7 Å². The first kappa shape index (κ1) is 38.3. The van der Waals surface area contributed by atoms with E-state index < -0.39 is 0 Å². The maximum absolute atomic E-state index is 4.00. The molecule has 1 aliphatic heterocycles. The number of anilines is 2. The van der Waals surface area contributed by atoms with Crippen molar-refractivity contribution < 1.29 is 0 Å². The van der Waals surface area contributed by atoms with E-state index in [1.54, 1.807) is 0 Å². The van der Waals surface area contributed by atoms with Gasteiger partial charge in [0.1, 0.15) is 0 Å². The molecule has 1 aliphatic carbocycles. The third-order valence-corrected chi connectivity index (χ3v) is 17.0. The highest BCUT2D eigenvalue weighted by molar-refractivity contribution is 7.26. The molecule has 8 aromatic carbocycles. The zero-order chi connectivity index (χ0) is 43.6. The maximum Gasteiger partial charge on any atom is 0.198 e. The lowest BCUT2D eigenvalue weighted by Gasteiger charge is -2.24. The molecule has 64 heavy (non-hydrogen) atoms. The number of nitrogens with one attached hydrogen (secondary N) is 1. The Kier molecular flexibility index (Phi) is 7.78. The smallest absolute Gasteiger partial charge is 0.198 e. The van der Waals surface area contributed by atoms with Gasteiger partial charge >= 0.3 is 0 Å². The number of benzene rings is 8. The minimum atomic E-state index is -0.0867. The Hall–Kier alpha value is -6.14. The maximum atomic E-state index is 4.00. The highest BCUT2D eigenvalue weighted by Gasteiger charge is 2.38. The highest BCUT2D eigenvalue weighted by Crippen LogP contribution is 2.54. The molecule has 2 aliphatic rings. The van der Waals surface area contributed by atoms with Crippen molar-refractivity contribution in [2.75, 3.05) is 5.32 Å². The van der Waals surface area contributed by atoms with Crippen LogP contribution in [-0.2, 0) is 16.2 Å². The second-order valence-electron chi connectivity index (χ2n) is 21.0. The third kappa shape index (κ3) is 5.38. The van der Waals surface area contributed by atoms with Crippen LogP contribution in [0.15, 0.2) is 140 Å². The first-order valence-electron chi connectivity index (χ1n) is 22.8. The summed E-state index contributed by atoms with van der Waals surface area (Å²) in [5, 5.41) is 12.0. The van der Waals surface area contributed by atoms with Crippen molar-refractivity contribution in [2.24, 2.45) is 0 Å². The summed E-state index contributed by atoms with van der Waals surface area (Å²) in [5.41, 5.74) is 19.8. The van der Waals surface area contributed by atoms with Crippen molar-refractivity contribution in [3.63, 3.8) is 0 Å². The number of hydrogen-bond donors (Lipinski definition) is 1. The quantitative estimate of drug-likeness (QED) is 0.175. The molecule has 0 fully saturated rings. The van der Waals surface area contributed by atoms with Gasteiger partial charge in [0, 0.05) is 79.3 Å². The molecule has 0 unspecified atom stereocenters. The fraction of sp³-hybridized carbons (Fsp3) is 0.186. The summed E-state index contributed by atoms with van der Waals surface area (Å²) in [6.07, 6.45) is 0. The van der Waals surface area contributed by atoms with Crippen molar-refractivity contribution in [1.29, 1.82) is 0 Å². The monoisotopic (exact) mass is 860 g/mol. The predicted molar refractivity (Wildman–Crippen MR) is 283 cm³/mol. The van der Waals surface area contributed by atoms with Crippen LogP contribution in [0.4, 0.5) is 11.4 Å². The first-order chi connectivity index (χ1) is 30.7. The zero-order valence-corrected chi connectivity index (χ0v) is 39.4. The average molecular weight is 861 g/mol. The molecule has 0 spiro atoms. The minimum absolute atomic E-state index is 0.0765. The Bertz CT molecular complexity index is 3820. The summed E-state index contributed by atoms with van der Waals surface area (Å²) in [5.74, 6) is 0. The van der Waals surface area contributed by atoms with E-state index in [-0.39, 0.29) is 16.2 Å². The molecule has 4 heterocycles. The van der Waals surface area contributed by atoms with Crippen LogP contribution in [0.3, 0.4) is 0 Å². The number of aromatic nitrogens is 1. The van der Waals surface area contributed by atoms with E-state index in [0.717, 1.165) is 18.7 Å². The molecular weight excluding hydrogens is 812 g/mol. The molecule has 5 heteroatoms. The SMILES string of the molecule is CC(C)(C)c1ccc(Nc2cc3sc4cc(C(C)(C)C)ccc4c3cc2-c2ccc3c4c5c(ccc4n4c3c2Bc2cc3c(cc2-4)sc2ccccc23)C(C)(C)c2ccccc2-5)cc1. The van der Waals surface area contributed by atoms with Gasteiger partial charge in [-0.05, 0) is 109 Å². The molecule has 0 radical (unpaired) electrons. The molecule has 0 bridgehead atoms. The van der Waals surface area contributed by atoms with Crippen molar-refractivity contribution >= 4 is 114 Å². The lowest BCUT2D eigenvalue weighted by Crippen LogP contribution is -2.37. The lowest BCUT2D eigenvalue weighted by molar-refractivity contribution is 0.590. The highest BCUT2D eigenvalue weighted by atomic mass is 32.1. The number of rotatable bonds is 3. The van der Waals surface area contributed by atoms with Crippen LogP contribution < -0.4 is 16.2 Å². The van der Waals surface area contributed by atoms with Gasteiger partial charge in [-0.25, -0.2) is 0 Å². The van der Waals surface area contributed by atoms with E-state index in [1.807, 2.05) is 22.7 Å². The molecule has 0 saturated heterocycles. The molecule has 11 aromatic rings.